The molecule has 1 atom stereocenters. The fourth-order valence-electron chi connectivity index (χ4n) is 0.746. The fraction of sp³-hybridized carbons (Fsp3) is 0.750. The summed E-state index contributed by atoms with van der Waals surface area (Å²) in [5.74, 6) is -0.923. The highest BCUT2D eigenvalue weighted by Gasteiger charge is 2.18. The topological polar surface area (TPSA) is 70.4 Å². The van der Waals surface area contributed by atoms with E-state index in [9.17, 15) is 4.79 Å². The van der Waals surface area contributed by atoms with Crippen LogP contribution in [0.15, 0.2) is 0 Å². The van der Waals surface area contributed by atoms with E-state index in [0.717, 1.165) is 0 Å². The average Bonchev–Trinajstić information content (AvgIpc) is 2.04. The molecule has 0 rings (SSSR count). The third-order valence-corrected chi connectivity index (χ3v) is 1.54. The van der Waals surface area contributed by atoms with Gasteiger partial charge in [0.2, 0.25) is 0 Å². The zero-order valence-corrected chi connectivity index (χ0v) is 7.46. The number of aliphatic hydroxyl groups excluding tert-OH is 1. The fourth-order valence-corrected chi connectivity index (χ4v) is 0.746. The minimum absolute atomic E-state index is 0.0947. The molecule has 0 aliphatic heterocycles. The molecule has 4 heteroatoms. The van der Waals surface area contributed by atoms with E-state index in [0.29, 0.717) is 6.61 Å². The maximum atomic E-state index is 11.0. The van der Waals surface area contributed by atoms with Crippen molar-refractivity contribution >= 4 is 11.7 Å². The van der Waals surface area contributed by atoms with Crippen LogP contribution in [0.4, 0.5) is 0 Å². The Kier molecular flexibility index (Phi) is 5.28. The van der Waals surface area contributed by atoms with Crippen molar-refractivity contribution in [3.8, 4) is 0 Å². The number of rotatable bonds is 5. The molecule has 0 saturated heterocycles. The van der Waals surface area contributed by atoms with E-state index >= 15 is 0 Å². The first-order chi connectivity index (χ1) is 5.63. The van der Waals surface area contributed by atoms with Crippen molar-refractivity contribution in [2.24, 2.45) is 5.92 Å². The largest absolute Gasteiger partial charge is 0.465 e. The quantitative estimate of drug-likeness (QED) is 0.472. The number of carbonyl (C=O) groups excluding carboxylic acids is 1. The van der Waals surface area contributed by atoms with E-state index in [1.165, 1.54) is 0 Å². The van der Waals surface area contributed by atoms with Crippen LogP contribution in [-0.2, 0) is 9.53 Å². The second-order valence-electron chi connectivity index (χ2n) is 2.47. The number of esters is 1. The molecule has 0 bridgehead atoms. The summed E-state index contributed by atoms with van der Waals surface area (Å²) >= 11 is 0. The number of aliphatic hydroxyl groups is 1. The van der Waals surface area contributed by atoms with Crippen LogP contribution in [0, 0.1) is 11.3 Å². The van der Waals surface area contributed by atoms with Gasteiger partial charge in [0.1, 0.15) is 0 Å². The van der Waals surface area contributed by atoms with Crippen LogP contribution in [0.2, 0.25) is 0 Å². The molecule has 2 N–H and O–H groups in total. The van der Waals surface area contributed by atoms with E-state index in [2.05, 4.69) is 0 Å². The smallest absolute Gasteiger partial charge is 0.314 e. The first kappa shape index (κ1) is 11.1. The van der Waals surface area contributed by atoms with Gasteiger partial charge in [-0.3, -0.25) is 4.79 Å². The number of hydrogen-bond donors (Lipinski definition) is 2. The lowest BCUT2D eigenvalue weighted by atomic mass is 10.0. The summed E-state index contributed by atoms with van der Waals surface area (Å²) in [6.45, 7) is 3.56. The summed E-state index contributed by atoms with van der Waals surface area (Å²) < 4.78 is 4.71. The first-order valence-corrected chi connectivity index (χ1v) is 3.98. The lowest BCUT2D eigenvalue weighted by Crippen LogP contribution is -2.23. The molecular formula is C8H15NO3. The van der Waals surface area contributed by atoms with E-state index in [-0.39, 0.29) is 18.7 Å². The SMILES string of the molecule is CCOC(=O)C(C)C(=N)CCO. The van der Waals surface area contributed by atoms with Gasteiger partial charge in [0.05, 0.1) is 12.5 Å². The minimum atomic E-state index is -0.530. The zero-order chi connectivity index (χ0) is 9.56. The summed E-state index contributed by atoms with van der Waals surface area (Å²) in [6, 6.07) is 0. The van der Waals surface area contributed by atoms with E-state index in [1.54, 1.807) is 13.8 Å². The molecule has 0 spiro atoms. The normalized spacial score (nSPS) is 12.2. The van der Waals surface area contributed by atoms with Crippen LogP contribution in [0.1, 0.15) is 20.3 Å². The van der Waals surface area contributed by atoms with Crippen LogP contribution in [0.3, 0.4) is 0 Å². The van der Waals surface area contributed by atoms with Gasteiger partial charge in [-0.2, -0.15) is 0 Å². The van der Waals surface area contributed by atoms with Gasteiger partial charge in [-0.25, -0.2) is 0 Å². The average molecular weight is 173 g/mol. The molecule has 0 heterocycles. The van der Waals surface area contributed by atoms with Gasteiger partial charge in [0.15, 0.2) is 0 Å². The predicted octanol–water partition coefficient (Wildman–Crippen LogP) is 0.588. The zero-order valence-electron chi connectivity index (χ0n) is 7.46. The van der Waals surface area contributed by atoms with Gasteiger partial charge in [-0.05, 0) is 13.8 Å². The number of ether oxygens (including phenoxy) is 1. The summed E-state index contributed by atoms with van der Waals surface area (Å²) in [5, 5.41) is 15.8. The van der Waals surface area contributed by atoms with E-state index in [1.807, 2.05) is 0 Å². The maximum Gasteiger partial charge on any atom is 0.314 e. The van der Waals surface area contributed by atoms with Crippen molar-refractivity contribution in [1.82, 2.24) is 0 Å². The van der Waals surface area contributed by atoms with Gasteiger partial charge in [-0.15, -0.1) is 0 Å². The first-order valence-electron chi connectivity index (χ1n) is 3.98. The molecule has 0 radical (unpaired) electrons. The third kappa shape index (κ3) is 3.48. The molecule has 0 aromatic rings. The van der Waals surface area contributed by atoms with Crippen molar-refractivity contribution in [2.75, 3.05) is 13.2 Å². The Hall–Kier alpha value is -0.900. The van der Waals surface area contributed by atoms with Crippen molar-refractivity contribution < 1.29 is 14.6 Å². The molecule has 12 heavy (non-hydrogen) atoms. The van der Waals surface area contributed by atoms with Gasteiger partial charge in [0.25, 0.3) is 0 Å². The van der Waals surface area contributed by atoms with Gasteiger partial charge in [-0.1, -0.05) is 0 Å². The molecule has 0 fully saturated rings. The molecule has 0 aliphatic rings. The summed E-state index contributed by atoms with van der Waals surface area (Å²) in [4.78, 5) is 11.0. The standard InChI is InChI=1S/C8H15NO3/c1-3-12-8(11)6(2)7(9)4-5-10/h6,9-10H,3-5H2,1-2H3. The second-order valence-corrected chi connectivity index (χ2v) is 2.47. The third-order valence-electron chi connectivity index (χ3n) is 1.54. The van der Waals surface area contributed by atoms with Crippen LogP contribution < -0.4 is 0 Å². The summed E-state index contributed by atoms with van der Waals surface area (Å²) in [6.07, 6.45) is 0.236. The molecule has 4 nitrogen and oxygen atoms in total. The molecule has 0 amide bonds. The molecular weight excluding hydrogens is 158 g/mol. The van der Waals surface area contributed by atoms with Crippen molar-refractivity contribution in [2.45, 2.75) is 20.3 Å². The van der Waals surface area contributed by atoms with Gasteiger partial charge < -0.3 is 15.3 Å². The van der Waals surface area contributed by atoms with Crippen molar-refractivity contribution in [1.29, 1.82) is 5.41 Å². The number of hydrogen-bond acceptors (Lipinski definition) is 4. The number of carbonyl (C=O) groups is 1. The highest BCUT2D eigenvalue weighted by molar-refractivity contribution is 6.00. The summed E-state index contributed by atoms with van der Waals surface area (Å²) in [7, 11) is 0. The Balaban J connectivity index is 3.91. The Bertz CT molecular complexity index is 150. The molecule has 0 aliphatic carbocycles. The lowest BCUT2D eigenvalue weighted by molar-refractivity contribution is -0.145. The second kappa shape index (κ2) is 5.71. The monoisotopic (exact) mass is 173 g/mol. The molecule has 1 unspecified atom stereocenters. The van der Waals surface area contributed by atoms with Crippen molar-refractivity contribution in [3.05, 3.63) is 0 Å². The summed E-state index contributed by atoms with van der Waals surface area (Å²) in [5.41, 5.74) is 0.218. The highest BCUT2D eigenvalue weighted by Crippen LogP contribution is 2.03. The Morgan fingerprint density at radius 3 is 2.67 bits per heavy atom. The Labute approximate surface area is 72.0 Å². The molecule has 0 aromatic heterocycles. The minimum Gasteiger partial charge on any atom is -0.465 e. The molecule has 0 aromatic carbocycles. The van der Waals surface area contributed by atoms with E-state index in [4.69, 9.17) is 15.3 Å². The Morgan fingerprint density at radius 2 is 2.25 bits per heavy atom. The highest BCUT2D eigenvalue weighted by atomic mass is 16.5. The van der Waals surface area contributed by atoms with Crippen molar-refractivity contribution in [3.63, 3.8) is 0 Å². The Morgan fingerprint density at radius 1 is 1.67 bits per heavy atom. The molecule has 70 valence electrons. The van der Waals surface area contributed by atoms with E-state index < -0.39 is 11.9 Å². The van der Waals surface area contributed by atoms with Crippen LogP contribution in [-0.4, -0.2) is 30.0 Å². The lowest BCUT2D eigenvalue weighted by Gasteiger charge is -2.10. The van der Waals surface area contributed by atoms with Gasteiger partial charge >= 0.3 is 5.97 Å². The maximum absolute atomic E-state index is 11.0. The number of nitrogens with one attached hydrogen (secondary N) is 1. The van der Waals surface area contributed by atoms with Crippen LogP contribution >= 0.6 is 0 Å². The van der Waals surface area contributed by atoms with Crippen LogP contribution in [0.5, 0.6) is 0 Å². The molecule has 0 saturated carbocycles. The van der Waals surface area contributed by atoms with Gasteiger partial charge in [0, 0.05) is 18.7 Å². The van der Waals surface area contributed by atoms with Crippen LogP contribution in [0.25, 0.3) is 0 Å². The predicted molar refractivity (Wildman–Crippen MR) is 45.2 cm³/mol.